The highest BCUT2D eigenvalue weighted by atomic mass is 35.5. The van der Waals surface area contributed by atoms with Crippen molar-refractivity contribution in [1.82, 2.24) is 0 Å². The molecule has 0 amide bonds. The minimum absolute atomic E-state index is 0.230. The first-order valence-corrected chi connectivity index (χ1v) is 7.76. The highest BCUT2D eigenvalue weighted by Gasteiger charge is 2.18. The number of fused-ring (bicyclic) bond motifs is 2. The van der Waals surface area contributed by atoms with Crippen LogP contribution >= 0.6 is 23.2 Å². The summed E-state index contributed by atoms with van der Waals surface area (Å²) in [4.78, 5) is 12.1. The van der Waals surface area contributed by atoms with Gasteiger partial charge in [-0.1, -0.05) is 61.3 Å². The van der Waals surface area contributed by atoms with E-state index in [4.69, 9.17) is 27.9 Å². The maximum atomic E-state index is 12.1. The molecule has 0 atom stereocenters. The Balaban J connectivity index is 2.41. The predicted octanol–water partition coefficient (Wildman–Crippen LogP) is 5.86. The van der Waals surface area contributed by atoms with Gasteiger partial charge in [-0.15, -0.1) is 0 Å². The van der Waals surface area contributed by atoms with E-state index in [0.29, 0.717) is 15.8 Å². The van der Waals surface area contributed by atoms with Crippen molar-refractivity contribution in [2.45, 2.75) is 13.8 Å². The third-order valence-corrected chi connectivity index (χ3v) is 4.19. The van der Waals surface area contributed by atoms with Crippen LogP contribution in [0.1, 0.15) is 13.8 Å². The van der Waals surface area contributed by atoms with Gasteiger partial charge in [0.1, 0.15) is 5.75 Å². The van der Waals surface area contributed by atoms with Crippen molar-refractivity contribution >= 4 is 50.7 Å². The second-order valence-electron chi connectivity index (χ2n) is 5.45. The van der Waals surface area contributed by atoms with E-state index in [1.54, 1.807) is 19.9 Å². The molecule has 0 aromatic heterocycles. The Kier molecular flexibility index (Phi) is 3.98. The van der Waals surface area contributed by atoms with Crippen LogP contribution in [0, 0.1) is 5.92 Å². The first kappa shape index (κ1) is 15.1. The number of esters is 1. The highest BCUT2D eigenvalue weighted by molar-refractivity contribution is 6.39. The zero-order chi connectivity index (χ0) is 15.9. The molecule has 22 heavy (non-hydrogen) atoms. The largest absolute Gasteiger partial charge is 0.425 e. The molecule has 3 aromatic rings. The van der Waals surface area contributed by atoms with Gasteiger partial charge in [-0.3, -0.25) is 4.79 Å². The SMILES string of the molecule is CC(C)C(=O)Oc1c2cccc(Cl)c2cc2cccc(Cl)c12. The molecule has 3 aromatic carbocycles. The van der Waals surface area contributed by atoms with Gasteiger partial charge >= 0.3 is 5.97 Å². The van der Waals surface area contributed by atoms with Crippen LogP contribution < -0.4 is 4.74 Å². The van der Waals surface area contributed by atoms with Crippen molar-refractivity contribution in [1.29, 1.82) is 0 Å². The van der Waals surface area contributed by atoms with Gasteiger partial charge in [0.2, 0.25) is 0 Å². The van der Waals surface area contributed by atoms with Gasteiger partial charge in [0.05, 0.1) is 10.9 Å². The number of ether oxygens (including phenoxy) is 1. The second kappa shape index (κ2) is 5.79. The fourth-order valence-corrected chi connectivity index (χ4v) is 2.89. The minimum atomic E-state index is -0.298. The maximum absolute atomic E-state index is 12.1. The number of rotatable bonds is 2. The van der Waals surface area contributed by atoms with Gasteiger partial charge in [0.25, 0.3) is 0 Å². The number of hydrogen-bond acceptors (Lipinski definition) is 2. The van der Waals surface area contributed by atoms with Gasteiger partial charge in [-0.2, -0.15) is 0 Å². The quantitative estimate of drug-likeness (QED) is 0.333. The standard InChI is InChI=1S/C18H14Cl2O2/c1-10(2)18(21)22-17-12-6-4-7-14(19)13(12)9-11-5-3-8-15(20)16(11)17/h3-10H,1-2H3. The van der Waals surface area contributed by atoms with Crippen molar-refractivity contribution in [3.63, 3.8) is 0 Å². The van der Waals surface area contributed by atoms with Crippen LogP contribution in [0.2, 0.25) is 10.0 Å². The van der Waals surface area contributed by atoms with E-state index in [2.05, 4.69) is 0 Å². The Morgan fingerprint density at radius 2 is 1.68 bits per heavy atom. The van der Waals surface area contributed by atoms with E-state index in [0.717, 1.165) is 21.5 Å². The van der Waals surface area contributed by atoms with Gasteiger partial charge in [-0.05, 0) is 23.6 Å². The molecular weight excluding hydrogens is 319 g/mol. The lowest BCUT2D eigenvalue weighted by atomic mass is 10.0. The molecule has 0 aliphatic heterocycles. The molecule has 0 saturated heterocycles. The summed E-state index contributed by atoms with van der Waals surface area (Å²) in [6, 6.07) is 13.1. The zero-order valence-electron chi connectivity index (χ0n) is 12.2. The van der Waals surface area contributed by atoms with Crippen LogP contribution in [0.15, 0.2) is 42.5 Å². The number of halogens is 2. The number of hydrogen-bond donors (Lipinski definition) is 0. The van der Waals surface area contributed by atoms with E-state index >= 15 is 0 Å². The minimum Gasteiger partial charge on any atom is -0.425 e. The van der Waals surface area contributed by atoms with Gasteiger partial charge in [0.15, 0.2) is 0 Å². The molecule has 0 radical (unpaired) electrons. The molecule has 0 heterocycles. The predicted molar refractivity (Wildman–Crippen MR) is 91.9 cm³/mol. The number of carbonyl (C=O) groups excluding carboxylic acids is 1. The van der Waals surface area contributed by atoms with E-state index in [1.165, 1.54) is 0 Å². The van der Waals surface area contributed by atoms with Crippen LogP contribution in [0.4, 0.5) is 0 Å². The molecule has 0 aliphatic rings. The monoisotopic (exact) mass is 332 g/mol. The molecule has 4 heteroatoms. The Labute approximate surface area is 138 Å². The van der Waals surface area contributed by atoms with Crippen LogP contribution in [0.5, 0.6) is 5.75 Å². The summed E-state index contributed by atoms with van der Waals surface area (Å²) < 4.78 is 5.66. The molecular formula is C18H14Cl2O2. The summed E-state index contributed by atoms with van der Waals surface area (Å²) in [6.45, 7) is 3.59. The van der Waals surface area contributed by atoms with E-state index in [1.807, 2.05) is 36.4 Å². The van der Waals surface area contributed by atoms with Crippen molar-refractivity contribution < 1.29 is 9.53 Å². The molecule has 0 N–H and O–H groups in total. The average molecular weight is 333 g/mol. The van der Waals surface area contributed by atoms with E-state index in [9.17, 15) is 4.79 Å². The number of benzene rings is 3. The lowest BCUT2D eigenvalue weighted by Crippen LogP contribution is -2.15. The van der Waals surface area contributed by atoms with Crippen molar-refractivity contribution in [3.8, 4) is 5.75 Å². The zero-order valence-corrected chi connectivity index (χ0v) is 13.7. The lowest BCUT2D eigenvalue weighted by Gasteiger charge is -2.14. The topological polar surface area (TPSA) is 26.3 Å². The first-order chi connectivity index (χ1) is 10.5. The Bertz CT molecular complexity index is 885. The molecule has 3 rings (SSSR count). The van der Waals surface area contributed by atoms with Crippen molar-refractivity contribution in [3.05, 3.63) is 52.5 Å². The van der Waals surface area contributed by atoms with Crippen LogP contribution in [0.3, 0.4) is 0 Å². The Morgan fingerprint density at radius 3 is 2.41 bits per heavy atom. The maximum Gasteiger partial charge on any atom is 0.313 e. The number of carbonyl (C=O) groups is 1. The van der Waals surface area contributed by atoms with Crippen LogP contribution in [-0.2, 0) is 4.79 Å². The van der Waals surface area contributed by atoms with Crippen LogP contribution in [0.25, 0.3) is 21.5 Å². The molecule has 2 nitrogen and oxygen atoms in total. The third kappa shape index (κ3) is 2.53. The fourth-order valence-electron chi connectivity index (χ4n) is 2.40. The Morgan fingerprint density at radius 1 is 1.00 bits per heavy atom. The molecule has 0 bridgehead atoms. The molecule has 0 spiro atoms. The summed E-state index contributed by atoms with van der Waals surface area (Å²) >= 11 is 12.6. The van der Waals surface area contributed by atoms with Gasteiger partial charge in [-0.25, -0.2) is 0 Å². The first-order valence-electron chi connectivity index (χ1n) is 7.00. The molecule has 0 saturated carbocycles. The van der Waals surface area contributed by atoms with Crippen molar-refractivity contribution in [2.24, 2.45) is 5.92 Å². The summed E-state index contributed by atoms with van der Waals surface area (Å²) in [6.07, 6.45) is 0. The molecule has 0 aliphatic carbocycles. The third-order valence-electron chi connectivity index (χ3n) is 3.54. The average Bonchev–Trinajstić information content (AvgIpc) is 2.48. The summed E-state index contributed by atoms with van der Waals surface area (Å²) in [5, 5.41) is 4.40. The van der Waals surface area contributed by atoms with Crippen LogP contribution in [-0.4, -0.2) is 5.97 Å². The highest BCUT2D eigenvalue weighted by Crippen LogP contribution is 2.41. The van der Waals surface area contributed by atoms with Crippen molar-refractivity contribution in [2.75, 3.05) is 0 Å². The van der Waals surface area contributed by atoms with E-state index < -0.39 is 0 Å². The summed E-state index contributed by atoms with van der Waals surface area (Å²) in [5.41, 5.74) is 0. The molecule has 112 valence electrons. The van der Waals surface area contributed by atoms with Gasteiger partial charge < -0.3 is 4.74 Å². The molecule has 0 fully saturated rings. The smallest absolute Gasteiger partial charge is 0.313 e. The summed E-state index contributed by atoms with van der Waals surface area (Å²) in [5.74, 6) is -0.0556. The lowest BCUT2D eigenvalue weighted by molar-refractivity contribution is -0.137. The van der Waals surface area contributed by atoms with E-state index in [-0.39, 0.29) is 11.9 Å². The summed E-state index contributed by atoms with van der Waals surface area (Å²) in [7, 11) is 0. The second-order valence-corrected chi connectivity index (χ2v) is 6.27. The van der Waals surface area contributed by atoms with Gasteiger partial charge in [0, 0.05) is 21.2 Å². The molecule has 0 unspecified atom stereocenters. The fraction of sp³-hybridized carbons (Fsp3) is 0.167. The Hall–Kier alpha value is -1.77. The normalized spacial score (nSPS) is 11.3.